The highest BCUT2D eigenvalue weighted by molar-refractivity contribution is 5.85. The quantitative estimate of drug-likeness (QED) is 0.529. The summed E-state index contributed by atoms with van der Waals surface area (Å²) in [6.45, 7) is 5.46. The number of hydrogen-bond acceptors (Lipinski definition) is 5. The molecule has 0 bridgehead atoms. The minimum Gasteiger partial charge on any atom is -0.494 e. The van der Waals surface area contributed by atoms with Crippen LogP contribution in [0.1, 0.15) is 31.9 Å². The first-order valence-corrected chi connectivity index (χ1v) is 8.65. The lowest BCUT2D eigenvalue weighted by Gasteiger charge is -2.21. The van der Waals surface area contributed by atoms with Crippen molar-refractivity contribution in [2.45, 2.75) is 32.4 Å². The van der Waals surface area contributed by atoms with Crippen molar-refractivity contribution in [3.05, 3.63) is 29.8 Å². The fraction of sp³-hybridized carbons (Fsp3) is 0.556. The molecule has 1 aliphatic rings. The fourth-order valence-electron chi connectivity index (χ4n) is 2.97. The van der Waals surface area contributed by atoms with E-state index in [-0.39, 0.29) is 36.6 Å². The first-order chi connectivity index (χ1) is 12.0. The highest BCUT2D eigenvalue weighted by Gasteiger charge is 2.26. The van der Waals surface area contributed by atoms with E-state index in [0.717, 1.165) is 5.56 Å². The zero-order valence-corrected chi connectivity index (χ0v) is 16.0. The fourth-order valence-corrected chi connectivity index (χ4v) is 2.97. The van der Waals surface area contributed by atoms with E-state index in [9.17, 15) is 14.7 Å². The maximum absolute atomic E-state index is 12.3. The van der Waals surface area contributed by atoms with Gasteiger partial charge in [0.1, 0.15) is 5.75 Å². The number of rotatable bonds is 8. The second kappa shape index (κ2) is 11.0. The minimum absolute atomic E-state index is 0. The van der Waals surface area contributed by atoms with E-state index in [2.05, 4.69) is 16.0 Å². The largest absolute Gasteiger partial charge is 0.494 e. The molecule has 0 aromatic heterocycles. The standard InChI is InChI=1S/C18H27N3O4.ClH/c1-3-25-17-7-5-4-6-14(17)15(21-12(2)22)8-18(24)20-10-13-9-19-11-16(13)23;/h4-7,13,15-16,19,23H,3,8-11H2,1-2H3,(H,20,24)(H,21,22);1H. The highest BCUT2D eigenvalue weighted by atomic mass is 35.5. The molecule has 0 aliphatic carbocycles. The molecule has 7 nitrogen and oxygen atoms in total. The van der Waals surface area contributed by atoms with Gasteiger partial charge in [-0.1, -0.05) is 18.2 Å². The van der Waals surface area contributed by atoms with Gasteiger partial charge in [-0.2, -0.15) is 0 Å². The average molecular weight is 386 g/mol. The number of amides is 2. The number of aliphatic hydroxyl groups is 1. The molecule has 3 unspecified atom stereocenters. The molecule has 1 fully saturated rings. The van der Waals surface area contributed by atoms with E-state index in [4.69, 9.17) is 4.74 Å². The number of β-amino-alcohol motifs (C(OH)–C–C–N with tert-alkyl or cyclic N) is 1. The van der Waals surface area contributed by atoms with E-state index in [1.54, 1.807) is 0 Å². The molecule has 3 atom stereocenters. The van der Waals surface area contributed by atoms with Gasteiger partial charge in [-0.15, -0.1) is 12.4 Å². The maximum Gasteiger partial charge on any atom is 0.222 e. The van der Waals surface area contributed by atoms with Gasteiger partial charge in [-0.25, -0.2) is 0 Å². The summed E-state index contributed by atoms with van der Waals surface area (Å²) in [5.41, 5.74) is 0.775. The minimum atomic E-state index is -0.466. The summed E-state index contributed by atoms with van der Waals surface area (Å²) in [6.07, 6.45) is -0.329. The number of aliphatic hydroxyl groups excluding tert-OH is 1. The lowest BCUT2D eigenvalue weighted by molar-refractivity contribution is -0.123. The Morgan fingerprint density at radius 1 is 1.35 bits per heavy atom. The van der Waals surface area contributed by atoms with Crippen LogP contribution in [0.3, 0.4) is 0 Å². The molecule has 2 rings (SSSR count). The first-order valence-electron chi connectivity index (χ1n) is 8.65. The van der Waals surface area contributed by atoms with Crippen LogP contribution < -0.4 is 20.7 Å². The van der Waals surface area contributed by atoms with Gasteiger partial charge in [0, 0.05) is 38.0 Å². The molecular formula is C18H28ClN3O4. The van der Waals surface area contributed by atoms with Gasteiger partial charge in [-0.3, -0.25) is 9.59 Å². The van der Waals surface area contributed by atoms with Crippen molar-refractivity contribution >= 4 is 24.2 Å². The van der Waals surface area contributed by atoms with Crippen LogP contribution in [0.4, 0.5) is 0 Å². The summed E-state index contributed by atoms with van der Waals surface area (Å²) in [5.74, 6) is 0.287. The van der Waals surface area contributed by atoms with E-state index in [1.165, 1.54) is 6.92 Å². The lowest BCUT2D eigenvalue weighted by atomic mass is 10.0. The smallest absolute Gasteiger partial charge is 0.222 e. The molecule has 0 spiro atoms. The van der Waals surface area contributed by atoms with Crippen LogP contribution in [0.15, 0.2) is 24.3 Å². The van der Waals surface area contributed by atoms with Crippen LogP contribution in [-0.2, 0) is 9.59 Å². The highest BCUT2D eigenvalue weighted by Crippen LogP contribution is 2.27. The number of hydrogen-bond donors (Lipinski definition) is 4. The van der Waals surface area contributed by atoms with Crippen molar-refractivity contribution in [1.82, 2.24) is 16.0 Å². The van der Waals surface area contributed by atoms with Gasteiger partial charge < -0.3 is 25.8 Å². The van der Waals surface area contributed by atoms with E-state index < -0.39 is 12.1 Å². The Balaban J connectivity index is 0.00000338. The second-order valence-electron chi connectivity index (χ2n) is 6.22. The number of carbonyl (C=O) groups excluding carboxylic acids is 2. The van der Waals surface area contributed by atoms with Crippen molar-refractivity contribution in [3.63, 3.8) is 0 Å². The molecule has 8 heteroatoms. The Labute approximate surface area is 160 Å². The summed E-state index contributed by atoms with van der Waals surface area (Å²) in [4.78, 5) is 23.9. The van der Waals surface area contributed by atoms with Crippen molar-refractivity contribution in [2.75, 3.05) is 26.2 Å². The zero-order valence-electron chi connectivity index (χ0n) is 15.2. The number of halogens is 1. The third-order valence-corrected chi connectivity index (χ3v) is 4.23. The van der Waals surface area contributed by atoms with Gasteiger partial charge in [0.05, 0.1) is 25.2 Å². The predicted octanol–water partition coefficient (Wildman–Crippen LogP) is 0.771. The average Bonchev–Trinajstić information content (AvgIpc) is 2.98. The van der Waals surface area contributed by atoms with Crippen LogP contribution in [0.2, 0.25) is 0 Å². The summed E-state index contributed by atoms with van der Waals surface area (Å²) >= 11 is 0. The summed E-state index contributed by atoms with van der Waals surface area (Å²) in [5, 5.41) is 18.5. The number of nitrogens with one attached hydrogen (secondary N) is 3. The van der Waals surface area contributed by atoms with Crippen molar-refractivity contribution in [2.24, 2.45) is 5.92 Å². The number of ether oxygens (including phenoxy) is 1. The third-order valence-electron chi connectivity index (χ3n) is 4.23. The van der Waals surface area contributed by atoms with Crippen LogP contribution in [-0.4, -0.2) is 49.3 Å². The maximum atomic E-state index is 12.3. The Morgan fingerprint density at radius 3 is 2.69 bits per heavy atom. The van der Waals surface area contributed by atoms with Crippen molar-refractivity contribution in [3.8, 4) is 5.75 Å². The molecular weight excluding hydrogens is 358 g/mol. The Hall–Kier alpha value is -1.83. The molecule has 2 amide bonds. The zero-order chi connectivity index (χ0) is 18.2. The van der Waals surface area contributed by atoms with Gasteiger partial charge in [0.2, 0.25) is 11.8 Å². The van der Waals surface area contributed by atoms with Gasteiger partial charge in [0.15, 0.2) is 0 Å². The molecule has 1 aromatic carbocycles. The molecule has 1 aromatic rings. The molecule has 4 N–H and O–H groups in total. The number of para-hydroxylation sites is 1. The summed E-state index contributed by atoms with van der Waals surface area (Å²) in [7, 11) is 0. The molecule has 0 radical (unpaired) electrons. The Bertz CT molecular complexity index is 600. The van der Waals surface area contributed by atoms with Crippen LogP contribution in [0.25, 0.3) is 0 Å². The molecule has 1 aliphatic heterocycles. The van der Waals surface area contributed by atoms with Crippen molar-refractivity contribution in [1.29, 1.82) is 0 Å². The first kappa shape index (κ1) is 22.2. The molecule has 0 saturated carbocycles. The molecule has 26 heavy (non-hydrogen) atoms. The van der Waals surface area contributed by atoms with Crippen LogP contribution in [0, 0.1) is 5.92 Å². The molecule has 146 valence electrons. The third kappa shape index (κ3) is 6.48. The van der Waals surface area contributed by atoms with E-state index in [1.807, 2.05) is 31.2 Å². The predicted molar refractivity (Wildman–Crippen MR) is 101 cm³/mol. The monoisotopic (exact) mass is 385 g/mol. The topological polar surface area (TPSA) is 99.7 Å². The molecule has 1 saturated heterocycles. The number of carbonyl (C=O) groups is 2. The SMILES string of the molecule is CCOc1ccccc1C(CC(=O)NCC1CNCC1O)NC(C)=O.Cl. The number of benzene rings is 1. The second-order valence-corrected chi connectivity index (χ2v) is 6.22. The summed E-state index contributed by atoms with van der Waals surface area (Å²) in [6, 6.07) is 6.92. The van der Waals surface area contributed by atoms with E-state index in [0.29, 0.717) is 32.0 Å². The van der Waals surface area contributed by atoms with E-state index >= 15 is 0 Å². The van der Waals surface area contributed by atoms with Gasteiger partial charge in [0.25, 0.3) is 0 Å². The van der Waals surface area contributed by atoms with Crippen LogP contribution in [0.5, 0.6) is 5.75 Å². The van der Waals surface area contributed by atoms with Crippen LogP contribution >= 0.6 is 12.4 Å². The van der Waals surface area contributed by atoms with Gasteiger partial charge >= 0.3 is 0 Å². The van der Waals surface area contributed by atoms with Crippen molar-refractivity contribution < 1.29 is 19.4 Å². The lowest BCUT2D eigenvalue weighted by Crippen LogP contribution is -2.37. The Kier molecular flexibility index (Phi) is 9.40. The van der Waals surface area contributed by atoms with Gasteiger partial charge in [-0.05, 0) is 13.0 Å². The molecule has 1 heterocycles. The normalized spacial score (nSPS) is 20.0. The summed E-state index contributed by atoms with van der Waals surface area (Å²) < 4.78 is 5.61. The Morgan fingerprint density at radius 2 is 2.08 bits per heavy atom.